The molecule has 2 heterocycles. The Morgan fingerprint density at radius 2 is 2.15 bits per heavy atom. The summed E-state index contributed by atoms with van der Waals surface area (Å²) >= 11 is 1.75. The van der Waals surface area contributed by atoms with E-state index in [-0.39, 0.29) is 24.0 Å². The molecule has 26 heavy (non-hydrogen) atoms. The standard InChI is InChI=1S/C19H33N3O2S.HI/c1-4-20-19(21-14-16(2)17-8-13-25-15-17)22-9-6-18(7-10-22)24-12-5-11-23-3;/h8,13,15-16,18H,4-7,9-12,14H2,1-3H3,(H,20,21);1H. The zero-order chi connectivity index (χ0) is 17.9. The largest absolute Gasteiger partial charge is 0.385 e. The molecule has 1 unspecified atom stereocenters. The highest BCUT2D eigenvalue weighted by Crippen LogP contribution is 2.19. The first-order chi connectivity index (χ1) is 12.2. The summed E-state index contributed by atoms with van der Waals surface area (Å²) in [7, 11) is 1.74. The quantitative estimate of drug-likeness (QED) is 0.244. The number of hydrogen-bond acceptors (Lipinski definition) is 4. The number of halogens is 1. The first-order valence-corrected chi connectivity index (χ1v) is 10.3. The van der Waals surface area contributed by atoms with E-state index in [0.717, 1.165) is 64.6 Å². The van der Waals surface area contributed by atoms with Gasteiger partial charge in [-0.2, -0.15) is 11.3 Å². The Morgan fingerprint density at radius 3 is 2.77 bits per heavy atom. The number of rotatable bonds is 9. The Labute approximate surface area is 179 Å². The number of thiophene rings is 1. The number of aliphatic imine (C=N–C) groups is 1. The minimum atomic E-state index is 0. The average molecular weight is 495 g/mol. The molecule has 1 aromatic heterocycles. The molecule has 0 saturated carbocycles. The maximum absolute atomic E-state index is 5.95. The summed E-state index contributed by atoms with van der Waals surface area (Å²) in [6, 6.07) is 2.20. The summed E-state index contributed by atoms with van der Waals surface area (Å²) in [5.74, 6) is 1.50. The molecule has 7 heteroatoms. The van der Waals surface area contributed by atoms with Gasteiger partial charge in [0.1, 0.15) is 0 Å². The maximum atomic E-state index is 5.95. The Morgan fingerprint density at radius 1 is 1.38 bits per heavy atom. The number of nitrogens with zero attached hydrogens (tertiary/aromatic N) is 2. The molecule has 1 atom stereocenters. The van der Waals surface area contributed by atoms with Crippen molar-refractivity contribution in [3.63, 3.8) is 0 Å². The van der Waals surface area contributed by atoms with Crippen LogP contribution in [0.4, 0.5) is 0 Å². The number of ether oxygens (including phenoxy) is 2. The molecule has 0 aliphatic carbocycles. The number of hydrogen-bond donors (Lipinski definition) is 1. The van der Waals surface area contributed by atoms with Crippen molar-refractivity contribution < 1.29 is 9.47 Å². The highest BCUT2D eigenvalue weighted by Gasteiger charge is 2.22. The molecule has 1 aliphatic rings. The molecule has 0 amide bonds. The molecule has 0 radical (unpaired) electrons. The van der Waals surface area contributed by atoms with Crippen LogP contribution in [0, 0.1) is 0 Å². The molecule has 2 rings (SSSR count). The monoisotopic (exact) mass is 495 g/mol. The van der Waals surface area contributed by atoms with Crippen molar-refractivity contribution in [2.75, 3.05) is 46.5 Å². The van der Waals surface area contributed by atoms with Crippen molar-refractivity contribution >= 4 is 41.3 Å². The summed E-state index contributed by atoms with van der Waals surface area (Å²) in [5.41, 5.74) is 1.38. The molecule has 1 N–H and O–H groups in total. The fourth-order valence-corrected chi connectivity index (χ4v) is 3.78. The van der Waals surface area contributed by atoms with Gasteiger partial charge < -0.3 is 19.7 Å². The summed E-state index contributed by atoms with van der Waals surface area (Å²) < 4.78 is 11.0. The van der Waals surface area contributed by atoms with Crippen molar-refractivity contribution in [3.8, 4) is 0 Å². The molecule has 150 valence electrons. The lowest BCUT2D eigenvalue weighted by Gasteiger charge is -2.34. The molecule has 0 spiro atoms. The first kappa shape index (κ1) is 23.7. The van der Waals surface area contributed by atoms with E-state index in [1.54, 1.807) is 18.4 Å². The van der Waals surface area contributed by atoms with Gasteiger partial charge in [-0.3, -0.25) is 4.99 Å². The molecule has 1 fully saturated rings. The smallest absolute Gasteiger partial charge is 0.193 e. The van der Waals surface area contributed by atoms with Crippen molar-refractivity contribution in [2.24, 2.45) is 4.99 Å². The normalized spacial score (nSPS) is 17.0. The SMILES string of the molecule is CCNC(=NCC(C)c1ccsc1)N1CCC(OCCCOC)CC1.I. The van der Waals surface area contributed by atoms with Gasteiger partial charge in [0.15, 0.2) is 5.96 Å². The second-order valence-corrected chi connectivity index (χ2v) is 7.34. The molecular weight excluding hydrogens is 461 g/mol. The zero-order valence-corrected chi connectivity index (χ0v) is 19.4. The molecule has 0 bridgehead atoms. The Bertz CT molecular complexity index is 491. The molecular formula is C19H34IN3O2S. The Balaban J connectivity index is 0.00000338. The number of piperidine rings is 1. The fraction of sp³-hybridized carbons (Fsp3) is 0.737. The number of nitrogens with one attached hydrogen (secondary N) is 1. The number of likely N-dealkylation sites (tertiary alicyclic amines) is 1. The van der Waals surface area contributed by atoms with Crippen LogP contribution in [0.2, 0.25) is 0 Å². The van der Waals surface area contributed by atoms with Gasteiger partial charge in [0.2, 0.25) is 0 Å². The van der Waals surface area contributed by atoms with E-state index in [2.05, 4.69) is 40.9 Å². The highest BCUT2D eigenvalue weighted by atomic mass is 127. The van der Waals surface area contributed by atoms with Crippen molar-refractivity contribution in [1.29, 1.82) is 0 Å². The molecule has 5 nitrogen and oxygen atoms in total. The summed E-state index contributed by atoms with van der Waals surface area (Å²) in [6.45, 7) is 9.69. The number of methoxy groups -OCH3 is 1. The Hall–Kier alpha value is -0.380. The van der Waals surface area contributed by atoms with Crippen LogP contribution in [-0.2, 0) is 9.47 Å². The van der Waals surface area contributed by atoms with Crippen LogP contribution in [0.5, 0.6) is 0 Å². The fourth-order valence-electron chi connectivity index (χ4n) is 3.00. The van der Waals surface area contributed by atoms with Crippen LogP contribution in [0.25, 0.3) is 0 Å². The lowest BCUT2D eigenvalue weighted by molar-refractivity contribution is 0.00990. The molecule has 1 aliphatic heterocycles. The van der Waals surface area contributed by atoms with Crippen LogP contribution >= 0.6 is 35.3 Å². The van der Waals surface area contributed by atoms with E-state index < -0.39 is 0 Å². The first-order valence-electron chi connectivity index (χ1n) is 9.40. The van der Waals surface area contributed by atoms with Crippen LogP contribution < -0.4 is 5.32 Å². The molecule has 1 aromatic rings. The van der Waals surface area contributed by atoms with Crippen molar-refractivity contribution in [2.45, 2.75) is 45.1 Å². The third kappa shape index (κ3) is 8.10. The van der Waals surface area contributed by atoms with Crippen LogP contribution in [0.3, 0.4) is 0 Å². The van der Waals surface area contributed by atoms with Gasteiger partial charge in [-0.05, 0) is 48.6 Å². The predicted octanol–water partition coefficient (Wildman–Crippen LogP) is 3.95. The van der Waals surface area contributed by atoms with Gasteiger partial charge in [0.05, 0.1) is 6.10 Å². The van der Waals surface area contributed by atoms with E-state index in [0.29, 0.717) is 12.0 Å². The van der Waals surface area contributed by atoms with E-state index in [1.807, 2.05) is 0 Å². The van der Waals surface area contributed by atoms with Crippen LogP contribution in [0.1, 0.15) is 44.6 Å². The van der Waals surface area contributed by atoms with Gasteiger partial charge in [-0.15, -0.1) is 24.0 Å². The van der Waals surface area contributed by atoms with Crippen molar-refractivity contribution in [3.05, 3.63) is 22.4 Å². The van der Waals surface area contributed by atoms with E-state index in [4.69, 9.17) is 14.5 Å². The maximum Gasteiger partial charge on any atom is 0.193 e. The summed E-state index contributed by atoms with van der Waals surface area (Å²) in [6.07, 6.45) is 3.48. The minimum Gasteiger partial charge on any atom is -0.385 e. The van der Waals surface area contributed by atoms with Gasteiger partial charge >= 0.3 is 0 Å². The van der Waals surface area contributed by atoms with E-state index in [9.17, 15) is 0 Å². The number of guanidine groups is 1. The topological polar surface area (TPSA) is 46.1 Å². The third-order valence-corrected chi connectivity index (χ3v) is 5.25. The van der Waals surface area contributed by atoms with Gasteiger partial charge in [-0.25, -0.2) is 0 Å². The average Bonchev–Trinajstić information content (AvgIpc) is 3.17. The second kappa shape index (κ2) is 13.7. The predicted molar refractivity (Wildman–Crippen MR) is 121 cm³/mol. The lowest BCUT2D eigenvalue weighted by atomic mass is 10.1. The lowest BCUT2D eigenvalue weighted by Crippen LogP contribution is -2.47. The van der Waals surface area contributed by atoms with Gasteiger partial charge in [0.25, 0.3) is 0 Å². The van der Waals surface area contributed by atoms with Gasteiger partial charge in [0, 0.05) is 52.4 Å². The molecule has 0 aromatic carbocycles. The van der Waals surface area contributed by atoms with E-state index in [1.165, 1.54) is 5.56 Å². The van der Waals surface area contributed by atoms with Gasteiger partial charge in [-0.1, -0.05) is 6.92 Å². The zero-order valence-electron chi connectivity index (χ0n) is 16.3. The minimum absolute atomic E-state index is 0. The van der Waals surface area contributed by atoms with Crippen LogP contribution in [0.15, 0.2) is 21.8 Å². The van der Waals surface area contributed by atoms with Crippen LogP contribution in [-0.4, -0.2) is 63.5 Å². The highest BCUT2D eigenvalue weighted by molar-refractivity contribution is 14.0. The van der Waals surface area contributed by atoms with E-state index >= 15 is 0 Å². The second-order valence-electron chi connectivity index (χ2n) is 6.56. The Kier molecular flexibility index (Phi) is 12.5. The molecule has 1 saturated heterocycles. The van der Waals surface area contributed by atoms with Crippen molar-refractivity contribution in [1.82, 2.24) is 10.2 Å². The summed E-state index contributed by atoms with van der Waals surface area (Å²) in [5, 5.41) is 7.81. The summed E-state index contributed by atoms with van der Waals surface area (Å²) in [4.78, 5) is 7.26. The third-order valence-electron chi connectivity index (χ3n) is 4.55.